The molecular formula is C16H25NO3. The lowest BCUT2D eigenvalue weighted by atomic mass is 9.99. The lowest BCUT2D eigenvalue weighted by molar-refractivity contribution is -0.0433. The predicted octanol–water partition coefficient (Wildman–Crippen LogP) is 2.27. The molecule has 1 aliphatic heterocycles. The highest BCUT2D eigenvalue weighted by Gasteiger charge is 2.24. The Morgan fingerprint density at radius 2 is 2.05 bits per heavy atom. The van der Waals surface area contributed by atoms with E-state index in [0.717, 1.165) is 24.2 Å². The van der Waals surface area contributed by atoms with E-state index in [1.807, 2.05) is 24.3 Å². The minimum absolute atomic E-state index is 0.283. The van der Waals surface area contributed by atoms with Gasteiger partial charge in [-0.05, 0) is 44.4 Å². The van der Waals surface area contributed by atoms with Crippen molar-refractivity contribution in [3.05, 3.63) is 29.8 Å². The molecule has 112 valence electrons. The first-order valence-corrected chi connectivity index (χ1v) is 7.29. The van der Waals surface area contributed by atoms with Gasteiger partial charge in [0.05, 0.1) is 25.4 Å². The van der Waals surface area contributed by atoms with Gasteiger partial charge in [0.2, 0.25) is 0 Å². The van der Waals surface area contributed by atoms with Crippen LogP contribution in [0.5, 0.6) is 5.75 Å². The zero-order chi connectivity index (χ0) is 14.5. The first-order valence-electron chi connectivity index (χ1n) is 7.29. The number of methoxy groups -OCH3 is 1. The molecule has 0 saturated carbocycles. The van der Waals surface area contributed by atoms with Crippen LogP contribution in [0.1, 0.15) is 38.4 Å². The number of rotatable bonds is 5. The summed E-state index contributed by atoms with van der Waals surface area (Å²) in [5.74, 6) is 0.773. The molecule has 0 aliphatic carbocycles. The van der Waals surface area contributed by atoms with E-state index in [-0.39, 0.29) is 12.2 Å². The summed E-state index contributed by atoms with van der Waals surface area (Å²) in [4.78, 5) is 0. The third-order valence-electron chi connectivity index (χ3n) is 3.78. The molecule has 0 spiro atoms. The van der Waals surface area contributed by atoms with Crippen molar-refractivity contribution < 1.29 is 14.6 Å². The van der Waals surface area contributed by atoms with E-state index in [9.17, 15) is 5.11 Å². The summed E-state index contributed by atoms with van der Waals surface area (Å²) in [6.07, 6.45) is 2.04. The lowest BCUT2D eigenvalue weighted by Crippen LogP contribution is -2.42. The molecule has 1 aromatic rings. The number of aliphatic hydroxyl groups excluding tert-OH is 1. The Balaban J connectivity index is 1.86. The van der Waals surface area contributed by atoms with Crippen LogP contribution in [-0.4, -0.2) is 37.0 Å². The highest BCUT2D eigenvalue weighted by Crippen LogP contribution is 2.21. The molecule has 1 fully saturated rings. The summed E-state index contributed by atoms with van der Waals surface area (Å²) in [6.45, 7) is 4.75. The SMILES string of the molecule is COc1cccc(C(O)CNC2CC(C)OC(C)C2)c1. The van der Waals surface area contributed by atoms with Gasteiger partial charge < -0.3 is 19.9 Å². The van der Waals surface area contributed by atoms with Gasteiger partial charge in [0.25, 0.3) is 0 Å². The van der Waals surface area contributed by atoms with Crippen LogP contribution in [0.25, 0.3) is 0 Å². The van der Waals surface area contributed by atoms with Crippen LogP contribution in [0.2, 0.25) is 0 Å². The van der Waals surface area contributed by atoms with Crippen LogP contribution < -0.4 is 10.1 Å². The molecule has 0 radical (unpaired) electrons. The largest absolute Gasteiger partial charge is 0.497 e. The quantitative estimate of drug-likeness (QED) is 0.868. The van der Waals surface area contributed by atoms with Crippen molar-refractivity contribution in [3.8, 4) is 5.75 Å². The molecule has 3 unspecified atom stereocenters. The molecule has 0 aromatic heterocycles. The van der Waals surface area contributed by atoms with Crippen LogP contribution >= 0.6 is 0 Å². The molecule has 2 rings (SSSR count). The molecule has 1 heterocycles. The number of nitrogens with one attached hydrogen (secondary N) is 1. The maximum absolute atomic E-state index is 10.3. The standard InChI is InChI=1S/C16H25NO3/c1-11-7-14(8-12(2)20-11)17-10-16(18)13-5-4-6-15(9-13)19-3/h4-6,9,11-12,14,16-18H,7-8,10H2,1-3H3. The van der Waals surface area contributed by atoms with Gasteiger partial charge >= 0.3 is 0 Å². The van der Waals surface area contributed by atoms with Crippen molar-refractivity contribution in [2.45, 2.75) is 51.0 Å². The zero-order valence-electron chi connectivity index (χ0n) is 12.5. The van der Waals surface area contributed by atoms with Gasteiger partial charge in [-0.1, -0.05) is 12.1 Å². The average molecular weight is 279 g/mol. The van der Waals surface area contributed by atoms with E-state index in [1.54, 1.807) is 7.11 Å². The summed E-state index contributed by atoms with van der Waals surface area (Å²) in [5.41, 5.74) is 0.880. The van der Waals surface area contributed by atoms with Crippen LogP contribution in [0, 0.1) is 0 Å². The summed E-state index contributed by atoms with van der Waals surface area (Å²) < 4.78 is 10.9. The van der Waals surface area contributed by atoms with Gasteiger partial charge in [-0.25, -0.2) is 0 Å². The molecule has 2 N–H and O–H groups in total. The molecule has 0 amide bonds. The molecule has 1 saturated heterocycles. The van der Waals surface area contributed by atoms with Crippen molar-refractivity contribution in [2.24, 2.45) is 0 Å². The highest BCUT2D eigenvalue weighted by atomic mass is 16.5. The van der Waals surface area contributed by atoms with Gasteiger partial charge in [0.15, 0.2) is 0 Å². The monoisotopic (exact) mass is 279 g/mol. The third-order valence-corrected chi connectivity index (χ3v) is 3.78. The van der Waals surface area contributed by atoms with Gasteiger partial charge in [-0.2, -0.15) is 0 Å². The predicted molar refractivity (Wildman–Crippen MR) is 79.0 cm³/mol. The average Bonchev–Trinajstić information content (AvgIpc) is 2.44. The number of aliphatic hydroxyl groups is 1. The second kappa shape index (κ2) is 7.07. The molecule has 0 bridgehead atoms. The summed E-state index contributed by atoms with van der Waals surface area (Å²) >= 11 is 0. The van der Waals surface area contributed by atoms with Crippen molar-refractivity contribution >= 4 is 0 Å². The van der Waals surface area contributed by atoms with Gasteiger partial charge in [0.1, 0.15) is 5.75 Å². The van der Waals surface area contributed by atoms with E-state index in [2.05, 4.69) is 19.2 Å². The highest BCUT2D eigenvalue weighted by molar-refractivity contribution is 5.29. The first kappa shape index (κ1) is 15.3. The van der Waals surface area contributed by atoms with Crippen LogP contribution in [0.15, 0.2) is 24.3 Å². The molecule has 4 heteroatoms. The van der Waals surface area contributed by atoms with E-state index < -0.39 is 6.10 Å². The Hall–Kier alpha value is -1.10. The Labute approximate surface area is 121 Å². The number of benzene rings is 1. The molecule has 1 aliphatic rings. The van der Waals surface area contributed by atoms with Gasteiger partial charge in [-0.3, -0.25) is 0 Å². The minimum Gasteiger partial charge on any atom is -0.497 e. The van der Waals surface area contributed by atoms with Crippen molar-refractivity contribution in [1.82, 2.24) is 5.32 Å². The fourth-order valence-electron chi connectivity index (χ4n) is 2.82. The second-order valence-electron chi connectivity index (χ2n) is 5.63. The maximum atomic E-state index is 10.3. The fourth-order valence-corrected chi connectivity index (χ4v) is 2.82. The smallest absolute Gasteiger partial charge is 0.119 e. The molecule has 3 atom stereocenters. The summed E-state index contributed by atoms with van der Waals surface area (Å²) in [5, 5.41) is 13.7. The fraction of sp³-hybridized carbons (Fsp3) is 0.625. The van der Waals surface area contributed by atoms with E-state index >= 15 is 0 Å². The molecule has 4 nitrogen and oxygen atoms in total. The van der Waals surface area contributed by atoms with Crippen LogP contribution in [0.4, 0.5) is 0 Å². The van der Waals surface area contributed by atoms with E-state index in [0.29, 0.717) is 12.6 Å². The minimum atomic E-state index is -0.515. The Morgan fingerprint density at radius 3 is 2.70 bits per heavy atom. The Kier molecular flexibility index (Phi) is 5.40. The van der Waals surface area contributed by atoms with Crippen molar-refractivity contribution in [2.75, 3.05) is 13.7 Å². The topological polar surface area (TPSA) is 50.7 Å². The number of ether oxygens (including phenoxy) is 2. The third kappa shape index (κ3) is 4.20. The van der Waals surface area contributed by atoms with E-state index in [1.165, 1.54) is 0 Å². The van der Waals surface area contributed by atoms with Crippen LogP contribution in [-0.2, 0) is 4.74 Å². The second-order valence-corrected chi connectivity index (χ2v) is 5.63. The van der Waals surface area contributed by atoms with Crippen molar-refractivity contribution in [1.29, 1.82) is 0 Å². The van der Waals surface area contributed by atoms with Crippen molar-refractivity contribution in [3.63, 3.8) is 0 Å². The zero-order valence-corrected chi connectivity index (χ0v) is 12.5. The molecule has 20 heavy (non-hydrogen) atoms. The van der Waals surface area contributed by atoms with Gasteiger partial charge in [-0.15, -0.1) is 0 Å². The number of hydrogen-bond donors (Lipinski definition) is 2. The lowest BCUT2D eigenvalue weighted by Gasteiger charge is -2.33. The molecule has 1 aromatic carbocycles. The van der Waals surface area contributed by atoms with Gasteiger partial charge in [0, 0.05) is 12.6 Å². The Bertz CT molecular complexity index is 414. The van der Waals surface area contributed by atoms with E-state index in [4.69, 9.17) is 9.47 Å². The van der Waals surface area contributed by atoms with Crippen LogP contribution in [0.3, 0.4) is 0 Å². The molecular weight excluding hydrogens is 254 g/mol. The normalized spacial score (nSPS) is 28.1. The summed E-state index contributed by atoms with van der Waals surface area (Å²) in [7, 11) is 1.63. The first-order chi connectivity index (χ1) is 9.58. The number of hydrogen-bond acceptors (Lipinski definition) is 4. The Morgan fingerprint density at radius 1 is 1.35 bits per heavy atom. The summed E-state index contributed by atoms with van der Waals surface area (Å²) in [6, 6.07) is 7.99. The maximum Gasteiger partial charge on any atom is 0.119 e.